The Labute approximate surface area is 180 Å². The maximum atomic E-state index is 13.2. The van der Waals surface area contributed by atoms with Gasteiger partial charge in [0, 0.05) is 50.2 Å². The molecule has 1 saturated heterocycles. The Balaban J connectivity index is 1.28. The molecule has 152 valence electrons. The minimum atomic E-state index is 0.128. The van der Waals surface area contributed by atoms with E-state index >= 15 is 0 Å². The lowest BCUT2D eigenvalue weighted by Crippen LogP contribution is -2.48. The van der Waals surface area contributed by atoms with E-state index in [9.17, 15) is 4.79 Å². The normalized spacial score (nSPS) is 15.0. The first-order valence-electron chi connectivity index (χ1n) is 10.3. The number of thiazole rings is 1. The van der Waals surface area contributed by atoms with Crippen molar-refractivity contribution in [3.63, 3.8) is 0 Å². The lowest BCUT2D eigenvalue weighted by molar-refractivity contribution is 0.0632. The zero-order valence-corrected chi connectivity index (χ0v) is 17.8. The molecule has 0 aliphatic carbocycles. The van der Waals surface area contributed by atoms with Gasteiger partial charge in [-0.05, 0) is 12.5 Å². The van der Waals surface area contributed by atoms with E-state index in [4.69, 9.17) is 4.98 Å². The van der Waals surface area contributed by atoms with Crippen molar-refractivity contribution in [3.8, 4) is 11.3 Å². The van der Waals surface area contributed by atoms with E-state index in [0.717, 1.165) is 59.5 Å². The molecule has 0 radical (unpaired) electrons. The van der Waals surface area contributed by atoms with Gasteiger partial charge in [0.05, 0.1) is 5.69 Å². The Morgan fingerprint density at radius 1 is 0.967 bits per heavy atom. The summed E-state index contributed by atoms with van der Waals surface area (Å²) in [6, 6.07) is 20.7. The number of aryl methyl sites for hydroxylation is 1. The second kappa shape index (κ2) is 8.05. The minimum Gasteiger partial charge on any atom is -0.335 e. The van der Waals surface area contributed by atoms with Crippen molar-refractivity contribution in [2.24, 2.45) is 0 Å². The maximum Gasteiger partial charge on any atom is 0.265 e. The molecule has 0 saturated carbocycles. The van der Waals surface area contributed by atoms with Crippen LogP contribution in [-0.4, -0.2) is 51.3 Å². The summed E-state index contributed by atoms with van der Waals surface area (Å²) in [5, 5.41) is 0. The van der Waals surface area contributed by atoms with Crippen LogP contribution in [0.4, 0.5) is 0 Å². The number of hydrogen-bond acceptors (Lipinski definition) is 4. The van der Waals surface area contributed by atoms with E-state index in [2.05, 4.69) is 41.3 Å². The number of hydrogen-bond donors (Lipinski definition) is 0. The zero-order chi connectivity index (χ0) is 20.5. The topological polar surface area (TPSA) is 40.9 Å². The summed E-state index contributed by atoms with van der Waals surface area (Å²) in [6.45, 7) is 6.29. The quantitative estimate of drug-likeness (QED) is 0.497. The summed E-state index contributed by atoms with van der Waals surface area (Å²) < 4.78 is 2.05. The highest BCUT2D eigenvalue weighted by atomic mass is 32.1. The monoisotopic (exact) mass is 416 g/mol. The Morgan fingerprint density at radius 3 is 2.30 bits per heavy atom. The van der Waals surface area contributed by atoms with Gasteiger partial charge in [-0.2, -0.15) is 0 Å². The molecule has 4 aromatic rings. The van der Waals surface area contributed by atoms with Crippen molar-refractivity contribution in [1.82, 2.24) is 19.2 Å². The van der Waals surface area contributed by atoms with Crippen LogP contribution in [-0.2, 0) is 6.54 Å². The van der Waals surface area contributed by atoms with Crippen LogP contribution < -0.4 is 0 Å². The molecule has 2 aromatic carbocycles. The second-order valence-corrected chi connectivity index (χ2v) is 8.69. The van der Waals surface area contributed by atoms with E-state index in [1.165, 1.54) is 16.9 Å². The average Bonchev–Trinajstić information content (AvgIpc) is 3.35. The van der Waals surface area contributed by atoms with Gasteiger partial charge >= 0.3 is 0 Å². The number of piperazine rings is 1. The average molecular weight is 417 g/mol. The van der Waals surface area contributed by atoms with Crippen LogP contribution in [0.5, 0.6) is 0 Å². The third-order valence-electron chi connectivity index (χ3n) is 5.73. The predicted molar refractivity (Wildman–Crippen MR) is 121 cm³/mol. The van der Waals surface area contributed by atoms with Gasteiger partial charge in [-0.15, -0.1) is 0 Å². The largest absolute Gasteiger partial charge is 0.335 e. The third-order valence-corrected chi connectivity index (χ3v) is 6.87. The Morgan fingerprint density at radius 2 is 1.63 bits per heavy atom. The summed E-state index contributed by atoms with van der Waals surface area (Å²) in [5.41, 5.74) is 4.33. The van der Waals surface area contributed by atoms with Crippen molar-refractivity contribution in [2.45, 2.75) is 13.5 Å². The van der Waals surface area contributed by atoms with E-state index < -0.39 is 0 Å². The van der Waals surface area contributed by atoms with E-state index in [0.29, 0.717) is 0 Å². The van der Waals surface area contributed by atoms with Crippen LogP contribution in [0.1, 0.15) is 20.9 Å². The minimum absolute atomic E-state index is 0.128. The fourth-order valence-corrected chi connectivity index (χ4v) is 5.07. The van der Waals surface area contributed by atoms with Crippen molar-refractivity contribution in [1.29, 1.82) is 0 Å². The number of aromatic nitrogens is 2. The molecule has 5 nitrogen and oxygen atoms in total. The lowest BCUT2D eigenvalue weighted by atomic mass is 10.2. The van der Waals surface area contributed by atoms with E-state index in [1.54, 1.807) is 0 Å². The van der Waals surface area contributed by atoms with Gasteiger partial charge in [0.25, 0.3) is 5.91 Å². The molecule has 1 aliphatic heterocycles. The first kappa shape index (κ1) is 19.0. The summed E-state index contributed by atoms with van der Waals surface area (Å²) in [5.74, 6) is 0.128. The number of carbonyl (C=O) groups is 1. The molecule has 30 heavy (non-hydrogen) atoms. The molecule has 1 amide bonds. The van der Waals surface area contributed by atoms with Gasteiger partial charge in [0.1, 0.15) is 4.88 Å². The van der Waals surface area contributed by atoms with Gasteiger partial charge in [-0.25, -0.2) is 4.98 Å². The molecule has 1 aliphatic rings. The first-order valence-corrected chi connectivity index (χ1v) is 11.1. The molecular formula is C24H24N4OS. The number of rotatable bonds is 4. The zero-order valence-electron chi connectivity index (χ0n) is 17.0. The van der Waals surface area contributed by atoms with Crippen molar-refractivity contribution >= 4 is 22.2 Å². The molecule has 0 N–H and O–H groups in total. The number of benzene rings is 2. The van der Waals surface area contributed by atoms with Crippen LogP contribution in [0.15, 0.2) is 66.9 Å². The highest BCUT2D eigenvalue weighted by Gasteiger charge is 2.26. The van der Waals surface area contributed by atoms with Gasteiger partial charge < -0.3 is 4.90 Å². The fraction of sp³-hybridized carbons (Fsp3) is 0.250. The second-order valence-electron chi connectivity index (χ2n) is 7.72. The predicted octanol–water partition coefficient (Wildman–Crippen LogP) is 4.33. The van der Waals surface area contributed by atoms with Crippen molar-refractivity contribution in [3.05, 3.63) is 83.0 Å². The van der Waals surface area contributed by atoms with E-state index in [1.807, 2.05) is 46.7 Å². The van der Waals surface area contributed by atoms with Gasteiger partial charge in [0.2, 0.25) is 0 Å². The third kappa shape index (κ3) is 3.64. The molecule has 0 unspecified atom stereocenters. The van der Waals surface area contributed by atoms with Crippen molar-refractivity contribution < 1.29 is 4.79 Å². The molecule has 5 rings (SSSR count). The maximum absolute atomic E-state index is 13.2. The van der Waals surface area contributed by atoms with Crippen LogP contribution in [0.25, 0.3) is 16.2 Å². The summed E-state index contributed by atoms with van der Waals surface area (Å²) in [6.07, 6.45) is 2.03. The van der Waals surface area contributed by atoms with Gasteiger partial charge in [-0.3, -0.25) is 14.1 Å². The highest BCUT2D eigenvalue weighted by Crippen LogP contribution is 2.28. The number of amides is 1. The molecule has 0 spiro atoms. The molecule has 0 atom stereocenters. The first-order chi connectivity index (χ1) is 14.7. The Hall–Kier alpha value is -2.96. The van der Waals surface area contributed by atoms with Crippen LogP contribution in [0.2, 0.25) is 0 Å². The molecular weight excluding hydrogens is 392 g/mol. The number of nitrogens with zero attached hydrogens (tertiary/aromatic N) is 4. The SMILES string of the molecule is Cc1c(C(=O)N2CCN(Cc3ccccc3)CC2)sc2nc(-c3ccccc3)cn12. The van der Waals surface area contributed by atoms with Gasteiger partial charge in [-0.1, -0.05) is 72.0 Å². The summed E-state index contributed by atoms with van der Waals surface area (Å²) in [4.78, 5) is 24.0. The van der Waals surface area contributed by atoms with Crippen LogP contribution in [0, 0.1) is 6.92 Å². The smallest absolute Gasteiger partial charge is 0.265 e. The number of fused-ring (bicyclic) bond motifs is 1. The number of carbonyl (C=O) groups excluding carboxylic acids is 1. The Kier molecular flexibility index (Phi) is 5.11. The lowest BCUT2D eigenvalue weighted by Gasteiger charge is -2.34. The van der Waals surface area contributed by atoms with Gasteiger partial charge in [0.15, 0.2) is 4.96 Å². The highest BCUT2D eigenvalue weighted by molar-refractivity contribution is 7.19. The number of imidazole rings is 1. The molecule has 1 fully saturated rings. The van der Waals surface area contributed by atoms with Crippen LogP contribution >= 0.6 is 11.3 Å². The van der Waals surface area contributed by atoms with Crippen molar-refractivity contribution in [2.75, 3.05) is 26.2 Å². The fourth-order valence-electron chi connectivity index (χ4n) is 3.99. The summed E-state index contributed by atoms with van der Waals surface area (Å²) >= 11 is 1.49. The molecule has 6 heteroatoms. The van der Waals surface area contributed by atoms with E-state index in [-0.39, 0.29) is 5.91 Å². The Bertz CT molecular complexity index is 1160. The molecule has 0 bridgehead atoms. The molecule has 3 heterocycles. The van der Waals surface area contributed by atoms with Crippen LogP contribution in [0.3, 0.4) is 0 Å². The summed E-state index contributed by atoms with van der Waals surface area (Å²) in [7, 11) is 0. The molecule has 2 aromatic heterocycles. The standard InChI is InChI=1S/C24H24N4OS/c1-18-22(30-24-25-21(17-28(18)24)20-10-6-3-7-11-20)23(29)27-14-12-26(13-15-27)16-19-8-4-2-5-9-19/h2-11,17H,12-16H2,1H3.